The number of halogens is 16. The third kappa shape index (κ3) is 19.4. The normalized spacial score (nSPS) is 16.7. The fraction of sp³-hybridized carbons (Fsp3) is 0.231. The van der Waals surface area contributed by atoms with Crippen molar-refractivity contribution in [1.82, 2.24) is 29.9 Å². The fourth-order valence-electron chi connectivity index (χ4n) is 9.19. The Balaban J connectivity index is 0.000000255. The van der Waals surface area contributed by atoms with E-state index in [9.17, 15) is 75.4 Å². The molecule has 0 bridgehead atoms. The molecule has 0 radical (unpaired) electrons. The quantitative estimate of drug-likeness (QED) is 0.0330. The molecule has 4 N–H and O–H groups in total. The number of aromatic amines is 4. The maximum atomic E-state index is 13.9. The third-order valence-corrected chi connectivity index (χ3v) is 13.6. The third-order valence-electron chi connectivity index (χ3n) is 13.6. The van der Waals surface area contributed by atoms with E-state index in [1.165, 1.54) is 141 Å². The van der Waals surface area contributed by atoms with E-state index in [2.05, 4.69) is 54.6 Å². The van der Waals surface area contributed by atoms with Gasteiger partial charge in [-0.1, -0.05) is 42.3 Å². The van der Waals surface area contributed by atoms with Crippen molar-refractivity contribution in [3.63, 3.8) is 0 Å². The van der Waals surface area contributed by atoms with Crippen molar-refractivity contribution >= 4 is 75.1 Å². The van der Waals surface area contributed by atoms with Gasteiger partial charge >= 0.3 is 53.9 Å². The Kier molecular flexibility index (Phi) is 25.5. The molecule has 10 rings (SSSR count). The predicted molar refractivity (Wildman–Crippen MR) is 324 cm³/mol. The molecule has 4 aliphatic heterocycles. The monoisotopic (exact) mass is 1400 g/mol. The number of aldehydes is 1. The molecule has 13 nitrogen and oxygen atoms in total. The largest absolute Gasteiger partial charge is 3.00 e. The average molecular weight is 1400 g/mol. The van der Waals surface area contributed by atoms with Gasteiger partial charge in [-0.15, -0.1) is 22.1 Å². The van der Waals surface area contributed by atoms with Crippen LogP contribution in [0.1, 0.15) is 95.0 Å². The predicted octanol–water partition coefficient (Wildman–Crippen LogP) is 10.5. The van der Waals surface area contributed by atoms with Crippen LogP contribution in [0.25, 0.3) is 39.0 Å². The zero-order valence-corrected chi connectivity index (χ0v) is 52.7. The van der Waals surface area contributed by atoms with E-state index in [1.807, 2.05) is 6.92 Å². The first-order valence-electron chi connectivity index (χ1n) is 27.7. The molecule has 0 saturated carbocycles. The summed E-state index contributed by atoms with van der Waals surface area (Å²) in [5.41, 5.74) is -1.69. The van der Waals surface area contributed by atoms with Gasteiger partial charge in [0, 0.05) is 47.3 Å². The molecule has 30 heteroatoms. The van der Waals surface area contributed by atoms with E-state index in [0.717, 1.165) is 17.6 Å². The van der Waals surface area contributed by atoms with E-state index < -0.39 is 65.1 Å². The van der Waals surface area contributed by atoms with Crippen molar-refractivity contribution in [2.24, 2.45) is 20.0 Å². The summed E-state index contributed by atoms with van der Waals surface area (Å²) in [6, 6.07) is 16.8. The van der Waals surface area contributed by atoms with Gasteiger partial charge in [-0.3, -0.25) is 14.8 Å². The number of rotatable bonds is 11. The van der Waals surface area contributed by atoms with Gasteiger partial charge in [-0.2, -0.15) is 65.9 Å². The number of aromatic nitrogens is 6. The summed E-state index contributed by atoms with van der Waals surface area (Å²) in [5.74, 6) is -2.39. The van der Waals surface area contributed by atoms with Crippen molar-refractivity contribution in [2.75, 3.05) is 6.61 Å². The number of allylic oxidation sites excluding steroid dienone is 12. The second-order valence-electron chi connectivity index (χ2n) is 20.7. The van der Waals surface area contributed by atoms with Crippen LogP contribution in [-0.4, -0.2) is 93.5 Å². The van der Waals surface area contributed by atoms with Crippen molar-refractivity contribution in [3.8, 4) is 0 Å². The van der Waals surface area contributed by atoms with Crippen LogP contribution in [0.15, 0.2) is 182 Å². The maximum absolute atomic E-state index is 13.9. The van der Waals surface area contributed by atoms with Gasteiger partial charge < -0.3 is 47.0 Å². The molecular weight excluding hydrogens is 1340 g/mol. The standard InChI is InChI=1S/C25H20F6N4.C25H18F6N4.C10H9F3N2.C5H8O3.ClH.Mn/c2*1-13(2)15-6-9-20(33-15)23(25(29,30)31)21-11-8-17(35-21)14(3)16-7-10-19(34-16)22(24(26,27)28)18-5-4-12-32-18;11-10(12,13)9(7-3-1-5-14-7)8-4-2-6-15-8;1-2-3-8-5(7)4-6;;/h4-12,34-35H,1-3H3;4-12H,1-3H3;1-6,9,14-15H;4H,2-3H2,1H3;1H;/q;-2;;;;+3/p-1/b17-14-,22-18+,23-21?;;;;;. The molecule has 0 aliphatic carbocycles. The molecule has 0 aromatic carbocycles. The first-order valence-corrected chi connectivity index (χ1v) is 27.7. The molecule has 0 amide bonds. The summed E-state index contributed by atoms with van der Waals surface area (Å²) in [5, 5.41) is 0.317. The van der Waals surface area contributed by atoms with E-state index in [4.69, 9.17) is 0 Å². The van der Waals surface area contributed by atoms with Crippen molar-refractivity contribution in [1.29, 1.82) is 0 Å². The van der Waals surface area contributed by atoms with Crippen LogP contribution in [0.4, 0.5) is 65.9 Å². The van der Waals surface area contributed by atoms with Crippen LogP contribution in [0.5, 0.6) is 0 Å². The van der Waals surface area contributed by atoms with Crippen LogP contribution in [0, 0.1) is 0 Å². The smallest absolute Gasteiger partial charge is 1.00 e. The Bertz CT molecular complexity index is 4340. The fourth-order valence-corrected chi connectivity index (χ4v) is 9.19. The molecule has 4 aliphatic rings. The first-order chi connectivity index (χ1) is 43.6. The summed E-state index contributed by atoms with van der Waals surface area (Å²) in [4.78, 5) is 54.0. The van der Waals surface area contributed by atoms with Gasteiger partial charge in [0.1, 0.15) is 17.1 Å². The number of carbonyl (C=O) groups excluding carboxylic acids is 2. The van der Waals surface area contributed by atoms with Crippen LogP contribution in [0.3, 0.4) is 0 Å². The Hall–Kier alpha value is -9.34. The summed E-state index contributed by atoms with van der Waals surface area (Å²) < 4.78 is 208. The molecule has 502 valence electrons. The number of carbonyl (C=O) groups is 2. The Morgan fingerprint density at radius 2 is 1.03 bits per heavy atom. The van der Waals surface area contributed by atoms with Crippen molar-refractivity contribution in [2.45, 2.75) is 91.7 Å². The molecule has 95 heavy (non-hydrogen) atoms. The van der Waals surface area contributed by atoms with E-state index in [0.29, 0.717) is 39.8 Å². The summed E-state index contributed by atoms with van der Waals surface area (Å²) in [7, 11) is 0. The van der Waals surface area contributed by atoms with Gasteiger partial charge in [0.25, 0.3) is 0 Å². The number of aliphatic imine (C=N–C) groups is 4. The second kappa shape index (κ2) is 31.7. The average Bonchev–Trinajstić information content (AvgIpc) is 1.68. The zero-order chi connectivity index (χ0) is 68.4. The van der Waals surface area contributed by atoms with Gasteiger partial charge in [-0.25, -0.2) is 14.8 Å². The van der Waals surface area contributed by atoms with Gasteiger partial charge in [-0.05, 0) is 156 Å². The molecule has 0 saturated heterocycles. The number of nitrogens with one attached hydrogen (secondary N) is 4. The summed E-state index contributed by atoms with van der Waals surface area (Å²) in [6.07, 6.45) is -5.97. The number of alkyl halides is 15. The topological polar surface area (TPSA) is 184 Å². The maximum Gasteiger partial charge on any atom is 3.00 e. The molecule has 6 aromatic rings. The van der Waals surface area contributed by atoms with E-state index >= 15 is 0 Å². The van der Waals surface area contributed by atoms with Gasteiger partial charge in [0.2, 0.25) is 6.29 Å². The van der Waals surface area contributed by atoms with Crippen molar-refractivity contribution < 1.29 is 110 Å². The molecule has 0 spiro atoms. The Morgan fingerprint density at radius 3 is 1.49 bits per heavy atom. The van der Waals surface area contributed by atoms with Gasteiger partial charge in [0.15, 0.2) is 0 Å². The number of esters is 1. The number of H-pyrrole nitrogens is 4. The summed E-state index contributed by atoms with van der Waals surface area (Å²) >= 11 is 0. The second-order valence-corrected chi connectivity index (χ2v) is 20.7. The molecular formula is C65H55ClF15MnN10O3. The SMILES string of the molecule is CC(=C1C=CC(C(=c2ccc(=C(C)C)[n-]2)C(F)(F)F)=N1)c1ccc(C(=C2C=CC=N2)C(F)(F)F)[n-]1.CC(C)=C1C=CC(C(=c2cc/c(=C(\C)c3ccc(/C(=C4/C=CC=N4)C(F)(F)F)[nH]3)[nH]2)C(F)(F)F)=N1.CCCOC(=O)C=O.FC(F)(F)C(c1ccc[nH]1)c1ccc[nH]1.[Cl-].[Mn+3]. The summed E-state index contributed by atoms with van der Waals surface area (Å²) in [6.45, 7) is 12.3. The number of hydrogen-bond donors (Lipinski definition) is 4. The minimum atomic E-state index is -4.72. The molecule has 6 aromatic heterocycles. The molecule has 0 fully saturated rings. The van der Waals surface area contributed by atoms with Crippen LogP contribution in [-0.2, 0) is 31.4 Å². The minimum Gasteiger partial charge on any atom is -1.00 e. The Morgan fingerprint density at radius 1 is 0.526 bits per heavy atom. The van der Waals surface area contributed by atoms with Crippen molar-refractivity contribution in [3.05, 3.63) is 218 Å². The van der Waals surface area contributed by atoms with E-state index in [-0.39, 0.29) is 103 Å². The van der Waals surface area contributed by atoms with Crippen LogP contribution in [0.2, 0.25) is 0 Å². The van der Waals surface area contributed by atoms with E-state index in [1.54, 1.807) is 46.8 Å². The number of hydrogen-bond acceptors (Lipinski definition) is 7. The molecule has 10 heterocycles. The zero-order valence-electron chi connectivity index (χ0n) is 50.8. The minimum absolute atomic E-state index is 0. The first kappa shape index (κ1) is 76.4. The molecule has 0 atom stereocenters. The number of nitrogens with zero attached hydrogens (tertiary/aromatic N) is 6. The molecule has 0 unspecified atom stereocenters. The van der Waals surface area contributed by atoms with Crippen LogP contribution >= 0.6 is 0 Å². The van der Waals surface area contributed by atoms with Crippen LogP contribution < -0.4 is 43.8 Å². The van der Waals surface area contributed by atoms with Gasteiger partial charge in [0.05, 0.1) is 63.0 Å². The number of ether oxygens (including phenoxy) is 1. The Labute approximate surface area is 548 Å².